The Morgan fingerprint density at radius 2 is 1.82 bits per heavy atom. The highest BCUT2D eigenvalue weighted by Crippen LogP contribution is 2.41. The molecule has 0 aromatic heterocycles. The molecule has 2 aliphatic carbocycles. The summed E-state index contributed by atoms with van der Waals surface area (Å²) < 4.78 is 0. The van der Waals surface area contributed by atoms with Gasteiger partial charge < -0.3 is 5.11 Å². The molecule has 0 bridgehead atoms. The molecule has 1 N–H and O–H groups in total. The number of nitrogens with zero attached hydrogens (tertiary/aromatic N) is 1. The molecule has 0 amide bonds. The number of aliphatic carboxylic acids is 1. The van der Waals surface area contributed by atoms with E-state index in [-0.39, 0.29) is 0 Å². The van der Waals surface area contributed by atoms with E-state index < -0.39 is 11.4 Å². The minimum absolute atomic E-state index is 0.301. The van der Waals surface area contributed by atoms with Crippen LogP contribution in [0.4, 0.5) is 0 Å². The lowest BCUT2D eigenvalue weighted by molar-refractivity contribution is -0.151. The van der Waals surface area contributed by atoms with Crippen LogP contribution in [0.3, 0.4) is 0 Å². The normalized spacial score (nSPS) is 29.3. The third kappa shape index (κ3) is 3.08. The first-order valence-electron chi connectivity index (χ1n) is 8.51. The van der Waals surface area contributed by atoms with Crippen molar-refractivity contribution < 1.29 is 9.90 Å². The topological polar surface area (TPSA) is 49.7 Å². The number of hydrogen-bond acceptors (Lipinski definition) is 2. The molecule has 1 aromatic carbocycles. The molecule has 2 fully saturated rings. The summed E-state index contributed by atoms with van der Waals surface area (Å²) in [5.74, 6) is 0.00244. The zero-order valence-corrected chi connectivity index (χ0v) is 13.3. The summed E-state index contributed by atoms with van der Waals surface area (Å²) in [5.41, 5.74) is 2.00. The standard InChI is InChI=1S/C19H25NO2/c1-2-19(18(21)22)12-10-16(11-13-19)20-17(15-8-9-15)14-6-4-3-5-7-14/h3-7,15-16H,2,8-13H2,1H3,(H,21,22). The first-order valence-corrected chi connectivity index (χ1v) is 8.51. The zero-order valence-electron chi connectivity index (χ0n) is 13.3. The Hall–Kier alpha value is -1.64. The highest BCUT2D eigenvalue weighted by molar-refractivity contribution is 6.03. The molecular formula is C19H25NO2. The zero-order chi connectivity index (χ0) is 15.6. The van der Waals surface area contributed by atoms with Crippen LogP contribution in [0, 0.1) is 11.3 Å². The van der Waals surface area contributed by atoms with Gasteiger partial charge >= 0.3 is 5.97 Å². The van der Waals surface area contributed by atoms with E-state index in [0.29, 0.717) is 12.0 Å². The average Bonchev–Trinajstić information content (AvgIpc) is 3.38. The lowest BCUT2D eigenvalue weighted by Crippen LogP contribution is -2.36. The van der Waals surface area contributed by atoms with Gasteiger partial charge in [0.15, 0.2) is 0 Å². The highest BCUT2D eigenvalue weighted by Gasteiger charge is 2.40. The van der Waals surface area contributed by atoms with Crippen LogP contribution in [-0.2, 0) is 4.79 Å². The first kappa shape index (κ1) is 15.3. The van der Waals surface area contributed by atoms with Gasteiger partial charge in [-0.3, -0.25) is 9.79 Å². The molecule has 0 saturated heterocycles. The van der Waals surface area contributed by atoms with E-state index in [0.717, 1.165) is 32.1 Å². The molecule has 3 rings (SSSR count). The number of hydrogen-bond donors (Lipinski definition) is 1. The van der Waals surface area contributed by atoms with E-state index in [2.05, 4.69) is 24.3 Å². The van der Waals surface area contributed by atoms with Crippen molar-refractivity contribution in [3.63, 3.8) is 0 Å². The summed E-state index contributed by atoms with van der Waals surface area (Å²) in [7, 11) is 0. The highest BCUT2D eigenvalue weighted by atomic mass is 16.4. The van der Waals surface area contributed by atoms with Crippen molar-refractivity contribution in [2.24, 2.45) is 16.3 Å². The fraction of sp³-hybridized carbons (Fsp3) is 0.579. The van der Waals surface area contributed by atoms with Crippen LogP contribution >= 0.6 is 0 Å². The molecular weight excluding hydrogens is 274 g/mol. The van der Waals surface area contributed by atoms with Gasteiger partial charge in [-0.2, -0.15) is 0 Å². The van der Waals surface area contributed by atoms with Crippen molar-refractivity contribution >= 4 is 11.7 Å². The van der Waals surface area contributed by atoms with E-state index in [4.69, 9.17) is 4.99 Å². The number of rotatable bonds is 5. The van der Waals surface area contributed by atoms with Gasteiger partial charge in [0.05, 0.1) is 11.5 Å². The Morgan fingerprint density at radius 1 is 1.18 bits per heavy atom. The lowest BCUT2D eigenvalue weighted by atomic mass is 9.71. The van der Waals surface area contributed by atoms with Crippen LogP contribution in [0.15, 0.2) is 35.3 Å². The number of benzene rings is 1. The lowest BCUT2D eigenvalue weighted by Gasteiger charge is -2.35. The molecule has 0 heterocycles. The molecule has 1 aromatic rings. The Morgan fingerprint density at radius 3 is 2.32 bits per heavy atom. The van der Waals surface area contributed by atoms with Gasteiger partial charge in [0.25, 0.3) is 0 Å². The maximum Gasteiger partial charge on any atom is 0.309 e. The molecule has 118 valence electrons. The third-order valence-corrected chi connectivity index (χ3v) is 5.40. The second kappa shape index (κ2) is 6.23. The molecule has 22 heavy (non-hydrogen) atoms. The molecule has 0 atom stereocenters. The Kier molecular flexibility index (Phi) is 4.32. The van der Waals surface area contributed by atoms with E-state index >= 15 is 0 Å². The molecule has 0 spiro atoms. The number of carboxylic acids is 1. The van der Waals surface area contributed by atoms with Crippen LogP contribution in [0.5, 0.6) is 0 Å². The number of carboxylic acid groups (broad SMARTS) is 1. The van der Waals surface area contributed by atoms with Gasteiger partial charge in [-0.05, 0) is 50.5 Å². The smallest absolute Gasteiger partial charge is 0.309 e. The minimum Gasteiger partial charge on any atom is -0.481 e. The summed E-state index contributed by atoms with van der Waals surface area (Å²) >= 11 is 0. The maximum absolute atomic E-state index is 11.5. The fourth-order valence-electron chi connectivity index (χ4n) is 3.58. The predicted octanol–water partition coefficient (Wildman–Crippen LogP) is 4.31. The summed E-state index contributed by atoms with van der Waals surface area (Å²) in [5, 5.41) is 9.50. The van der Waals surface area contributed by atoms with Crippen molar-refractivity contribution in [2.75, 3.05) is 0 Å². The largest absolute Gasteiger partial charge is 0.481 e. The van der Waals surface area contributed by atoms with Gasteiger partial charge in [0, 0.05) is 11.6 Å². The SMILES string of the molecule is CCC1(C(=O)O)CCC(N=C(c2ccccc2)C2CC2)CC1. The van der Waals surface area contributed by atoms with Gasteiger partial charge in [0.2, 0.25) is 0 Å². The fourth-order valence-corrected chi connectivity index (χ4v) is 3.58. The molecule has 3 heteroatoms. The first-order chi connectivity index (χ1) is 10.6. The molecule has 0 unspecified atom stereocenters. The number of carbonyl (C=O) groups is 1. The van der Waals surface area contributed by atoms with Crippen LogP contribution in [0.1, 0.15) is 57.4 Å². The summed E-state index contributed by atoms with van der Waals surface area (Å²) in [6.07, 6.45) is 6.56. The van der Waals surface area contributed by atoms with Gasteiger partial charge in [0.1, 0.15) is 0 Å². The molecule has 3 nitrogen and oxygen atoms in total. The maximum atomic E-state index is 11.5. The van der Waals surface area contributed by atoms with E-state index in [1.54, 1.807) is 0 Å². The van der Waals surface area contributed by atoms with Gasteiger partial charge in [-0.15, -0.1) is 0 Å². The summed E-state index contributed by atoms with van der Waals surface area (Å²) in [4.78, 5) is 16.6. The van der Waals surface area contributed by atoms with Crippen LogP contribution < -0.4 is 0 Å². The van der Waals surface area contributed by atoms with Gasteiger partial charge in [-0.25, -0.2) is 0 Å². The van der Waals surface area contributed by atoms with Crippen molar-refractivity contribution in [3.05, 3.63) is 35.9 Å². The van der Waals surface area contributed by atoms with E-state index in [9.17, 15) is 9.90 Å². The van der Waals surface area contributed by atoms with Crippen molar-refractivity contribution in [2.45, 2.75) is 57.9 Å². The molecule has 2 saturated carbocycles. The predicted molar refractivity (Wildman–Crippen MR) is 88.3 cm³/mol. The second-order valence-electron chi connectivity index (χ2n) is 6.82. The second-order valence-corrected chi connectivity index (χ2v) is 6.82. The molecule has 0 aliphatic heterocycles. The van der Waals surface area contributed by atoms with Crippen LogP contribution in [-0.4, -0.2) is 22.8 Å². The quantitative estimate of drug-likeness (QED) is 0.824. The van der Waals surface area contributed by atoms with Crippen molar-refractivity contribution in [1.82, 2.24) is 0 Å². The van der Waals surface area contributed by atoms with Crippen LogP contribution in [0.25, 0.3) is 0 Å². The Bertz CT molecular complexity index is 552. The Balaban J connectivity index is 1.74. The minimum atomic E-state index is -0.622. The molecule has 0 radical (unpaired) electrons. The van der Waals surface area contributed by atoms with Crippen LogP contribution in [0.2, 0.25) is 0 Å². The summed E-state index contributed by atoms with van der Waals surface area (Å²) in [6.45, 7) is 2.00. The third-order valence-electron chi connectivity index (χ3n) is 5.40. The monoisotopic (exact) mass is 299 g/mol. The van der Waals surface area contributed by atoms with Crippen molar-refractivity contribution in [3.8, 4) is 0 Å². The van der Waals surface area contributed by atoms with Gasteiger partial charge in [-0.1, -0.05) is 37.3 Å². The summed E-state index contributed by atoms with van der Waals surface area (Å²) in [6, 6.07) is 10.8. The van der Waals surface area contributed by atoms with Crippen molar-refractivity contribution in [1.29, 1.82) is 0 Å². The molecule has 2 aliphatic rings. The van der Waals surface area contributed by atoms with E-state index in [1.807, 2.05) is 13.0 Å². The van der Waals surface area contributed by atoms with E-state index in [1.165, 1.54) is 24.1 Å². The average molecular weight is 299 g/mol. The Labute approximate surface area is 132 Å². The number of aliphatic imine (C=N–C) groups is 1.